The van der Waals surface area contributed by atoms with E-state index in [0.29, 0.717) is 11.1 Å². The minimum absolute atomic E-state index is 0.154. The van der Waals surface area contributed by atoms with Crippen LogP contribution >= 0.6 is 0 Å². The first-order valence-corrected chi connectivity index (χ1v) is 4.85. The molecule has 1 aromatic carbocycles. The normalized spacial score (nSPS) is 15.4. The molecule has 0 unspecified atom stereocenters. The van der Waals surface area contributed by atoms with Gasteiger partial charge in [0, 0.05) is 25.0 Å². The number of nitro benzene ring substituents is 1. The van der Waals surface area contributed by atoms with Crippen molar-refractivity contribution in [3.63, 3.8) is 0 Å². The van der Waals surface area contributed by atoms with Crippen LogP contribution in [0.25, 0.3) is 0 Å². The van der Waals surface area contributed by atoms with Gasteiger partial charge in [-0.3, -0.25) is 24.5 Å². The maximum atomic E-state index is 11.3. The van der Waals surface area contributed by atoms with E-state index in [1.165, 1.54) is 18.2 Å². The number of hydrogen-bond acceptors (Lipinski definition) is 5. The molecule has 0 aromatic heterocycles. The first kappa shape index (κ1) is 11.1. The minimum Gasteiger partial charge on any atom is -0.290 e. The van der Waals surface area contributed by atoms with Crippen molar-refractivity contribution >= 4 is 23.0 Å². The highest BCUT2D eigenvalue weighted by Gasteiger charge is 2.29. The molecule has 0 aliphatic heterocycles. The maximum Gasteiger partial charge on any atom is 0.269 e. The van der Waals surface area contributed by atoms with E-state index in [1.54, 1.807) is 0 Å². The minimum atomic E-state index is -1.02. The monoisotopic (exact) mass is 233 g/mol. The zero-order valence-electron chi connectivity index (χ0n) is 8.63. The van der Waals surface area contributed by atoms with E-state index >= 15 is 0 Å². The van der Waals surface area contributed by atoms with E-state index in [0.717, 1.165) is 0 Å². The molecule has 17 heavy (non-hydrogen) atoms. The summed E-state index contributed by atoms with van der Waals surface area (Å²) in [5, 5.41) is 10.6. The summed E-state index contributed by atoms with van der Waals surface area (Å²) in [6.07, 6.45) is -0.417. The second-order valence-electron chi connectivity index (χ2n) is 3.74. The van der Waals surface area contributed by atoms with Crippen LogP contribution in [-0.4, -0.2) is 22.3 Å². The Bertz CT molecular complexity index is 561. The van der Waals surface area contributed by atoms with Crippen LogP contribution in [-0.2, 0) is 27.2 Å². The summed E-state index contributed by atoms with van der Waals surface area (Å²) < 4.78 is 0. The van der Waals surface area contributed by atoms with Crippen molar-refractivity contribution in [2.75, 3.05) is 0 Å². The Hall–Kier alpha value is -2.37. The number of carbonyl (C=O) groups excluding carboxylic acids is 3. The summed E-state index contributed by atoms with van der Waals surface area (Å²) in [5.41, 5.74) is 0.724. The van der Waals surface area contributed by atoms with Gasteiger partial charge in [-0.25, -0.2) is 0 Å². The van der Waals surface area contributed by atoms with Crippen molar-refractivity contribution in [1.82, 2.24) is 0 Å². The van der Waals surface area contributed by atoms with Crippen LogP contribution in [0.5, 0.6) is 0 Å². The quantitative estimate of drug-likeness (QED) is 0.303. The Morgan fingerprint density at radius 1 is 1.00 bits per heavy atom. The van der Waals surface area contributed by atoms with Gasteiger partial charge in [-0.15, -0.1) is 0 Å². The largest absolute Gasteiger partial charge is 0.290 e. The smallest absolute Gasteiger partial charge is 0.269 e. The Kier molecular flexibility index (Phi) is 2.55. The van der Waals surface area contributed by atoms with Crippen LogP contribution in [0.1, 0.15) is 11.1 Å². The van der Waals surface area contributed by atoms with Crippen molar-refractivity contribution in [2.45, 2.75) is 12.8 Å². The van der Waals surface area contributed by atoms with Crippen LogP contribution in [0.4, 0.5) is 5.69 Å². The highest BCUT2D eigenvalue weighted by Crippen LogP contribution is 2.21. The molecule has 0 heterocycles. The topological polar surface area (TPSA) is 94.3 Å². The zero-order valence-corrected chi connectivity index (χ0v) is 8.63. The van der Waals surface area contributed by atoms with Crippen LogP contribution in [0.15, 0.2) is 18.2 Å². The van der Waals surface area contributed by atoms with Gasteiger partial charge < -0.3 is 0 Å². The lowest BCUT2D eigenvalue weighted by Gasteiger charge is -2.02. The summed E-state index contributed by atoms with van der Waals surface area (Å²) in [6, 6.07) is 3.91. The Morgan fingerprint density at radius 2 is 1.59 bits per heavy atom. The van der Waals surface area contributed by atoms with Crippen LogP contribution in [0, 0.1) is 10.1 Å². The zero-order chi connectivity index (χ0) is 12.6. The first-order chi connectivity index (χ1) is 7.99. The molecule has 2 rings (SSSR count). The van der Waals surface area contributed by atoms with Crippen LogP contribution in [0.3, 0.4) is 0 Å². The number of nitrogens with zero attached hydrogens (tertiary/aromatic N) is 1. The fraction of sp³-hybridized carbons (Fsp3) is 0.182. The van der Waals surface area contributed by atoms with E-state index in [9.17, 15) is 24.5 Å². The summed E-state index contributed by atoms with van der Waals surface area (Å²) in [5.74, 6) is -2.60. The van der Waals surface area contributed by atoms with Crippen molar-refractivity contribution in [2.24, 2.45) is 0 Å². The van der Waals surface area contributed by atoms with Gasteiger partial charge in [0.1, 0.15) is 0 Å². The predicted molar refractivity (Wildman–Crippen MR) is 55.5 cm³/mol. The van der Waals surface area contributed by atoms with Gasteiger partial charge in [0.25, 0.3) is 11.5 Å². The molecule has 0 atom stereocenters. The second kappa shape index (κ2) is 3.89. The highest BCUT2D eigenvalue weighted by molar-refractivity contribution is 6.64. The van der Waals surface area contributed by atoms with Crippen molar-refractivity contribution in [3.8, 4) is 0 Å². The molecule has 6 heteroatoms. The number of rotatable bonds is 1. The van der Waals surface area contributed by atoms with Crippen LogP contribution in [0.2, 0.25) is 0 Å². The molecule has 0 bridgehead atoms. The molecule has 1 aromatic rings. The third-order valence-electron chi connectivity index (χ3n) is 2.61. The third-order valence-corrected chi connectivity index (χ3v) is 2.61. The average Bonchev–Trinajstić information content (AvgIpc) is 2.38. The van der Waals surface area contributed by atoms with Gasteiger partial charge in [-0.1, -0.05) is 6.07 Å². The van der Waals surface area contributed by atoms with Gasteiger partial charge in [-0.2, -0.15) is 0 Å². The van der Waals surface area contributed by atoms with E-state index in [1.807, 2.05) is 0 Å². The molecule has 1 aliphatic rings. The molecule has 0 spiro atoms. The summed E-state index contributed by atoms with van der Waals surface area (Å²) >= 11 is 0. The molecule has 0 N–H and O–H groups in total. The van der Waals surface area contributed by atoms with Crippen molar-refractivity contribution in [3.05, 3.63) is 39.4 Å². The number of benzene rings is 1. The average molecular weight is 233 g/mol. The second-order valence-corrected chi connectivity index (χ2v) is 3.74. The lowest BCUT2D eigenvalue weighted by molar-refractivity contribution is -0.384. The number of nitro groups is 1. The van der Waals surface area contributed by atoms with Gasteiger partial charge in [0.15, 0.2) is 0 Å². The standard InChI is InChI=1S/C11H7NO5/c13-9-4-6-1-2-8(12(16)17)3-7(6)5-10(14)11(9)15/h1-3H,4-5H2. The van der Waals surface area contributed by atoms with E-state index in [4.69, 9.17) is 0 Å². The predicted octanol–water partition coefficient (Wildman–Crippen LogP) is 0.401. The summed E-state index contributed by atoms with van der Waals surface area (Å²) in [4.78, 5) is 43.8. The molecule has 0 saturated carbocycles. The Morgan fingerprint density at radius 3 is 2.18 bits per heavy atom. The Labute approximate surface area is 95.4 Å². The molecule has 86 valence electrons. The number of carbonyl (C=O) groups is 3. The fourth-order valence-electron chi connectivity index (χ4n) is 1.72. The van der Waals surface area contributed by atoms with Gasteiger partial charge in [0.05, 0.1) is 4.92 Å². The van der Waals surface area contributed by atoms with Crippen LogP contribution < -0.4 is 0 Å². The SMILES string of the molecule is O=C1Cc2ccc([N+](=O)[O-])cc2CC(=O)C1=O. The van der Waals surface area contributed by atoms with Gasteiger partial charge >= 0.3 is 0 Å². The number of hydrogen-bond donors (Lipinski definition) is 0. The number of Topliss-reactive ketones (excluding diaryl/α,β-unsaturated/α-hetero) is 3. The molecular formula is C11H7NO5. The van der Waals surface area contributed by atoms with E-state index < -0.39 is 22.3 Å². The molecule has 0 saturated heterocycles. The summed E-state index contributed by atoms with van der Waals surface area (Å²) in [7, 11) is 0. The lowest BCUT2D eigenvalue weighted by atomic mass is 10.0. The van der Waals surface area contributed by atoms with Gasteiger partial charge in [0.2, 0.25) is 11.6 Å². The third kappa shape index (κ3) is 1.96. The van der Waals surface area contributed by atoms with Crippen molar-refractivity contribution < 1.29 is 19.3 Å². The first-order valence-electron chi connectivity index (χ1n) is 4.85. The fourth-order valence-corrected chi connectivity index (χ4v) is 1.72. The Balaban J connectivity index is 2.50. The highest BCUT2D eigenvalue weighted by atomic mass is 16.6. The lowest BCUT2D eigenvalue weighted by Crippen LogP contribution is -2.23. The molecule has 0 fully saturated rings. The van der Waals surface area contributed by atoms with E-state index in [-0.39, 0.29) is 18.5 Å². The number of ketones is 3. The summed E-state index contributed by atoms with van der Waals surface area (Å²) in [6.45, 7) is 0. The van der Waals surface area contributed by atoms with Crippen molar-refractivity contribution in [1.29, 1.82) is 0 Å². The molecule has 0 radical (unpaired) electrons. The van der Waals surface area contributed by atoms with E-state index in [2.05, 4.69) is 0 Å². The van der Waals surface area contributed by atoms with Gasteiger partial charge in [-0.05, 0) is 11.1 Å². The number of fused-ring (bicyclic) bond motifs is 1. The molecule has 6 nitrogen and oxygen atoms in total. The molecule has 0 amide bonds. The maximum absolute atomic E-state index is 11.3. The molecular weight excluding hydrogens is 226 g/mol. The number of non-ortho nitro benzene ring substituents is 1. The molecule has 1 aliphatic carbocycles.